The molecule has 9 heteroatoms. The van der Waals surface area contributed by atoms with Crippen molar-refractivity contribution in [2.75, 3.05) is 43.5 Å². The molecule has 4 heterocycles. The number of amides is 1. The Hall–Kier alpha value is -3.97. The quantitative estimate of drug-likeness (QED) is 0.351. The Balaban J connectivity index is 1.25. The predicted molar refractivity (Wildman–Crippen MR) is 145 cm³/mol. The molecule has 6 rings (SSSR count). The third-order valence-electron chi connectivity index (χ3n) is 7.09. The van der Waals surface area contributed by atoms with Crippen molar-refractivity contribution in [3.05, 3.63) is 60.4 Å². The highest BCUT2D eigenvalue weighted by Crippen LogP contribution is 2.35. The van der Waals surface area contributed by atoms with Gasteiger partial charge in [-0.3, -0.25) is 9.69 Å². The molecule has 3 aliphatic heterocycles. The second-order valence-corrected chi connectivity index (χ2v) is 9.73. The Morgan fingerprint density at radius 3 is 3.00 bits per heavy atom. The fraction of sp³-hybridized carbons (Fsp3) is 0.345. The van der Waals surface area contributed by atoms with Gasteiger partial charge in [0.15, 0.2) is 0 Å². The van der Waals surface area contributed by atoms with Crippen LogP contribution in [0.4, 0.5) is 17.2 Å². The largest absolute Gasteiger partial charge is 0.486 e. The average molecular weight is 512 g/mol. The van der Waals surface area contributed by atoms with E-state index >= 15 is 0 Å². The minimum Gasteiger partial charge on any atom is -0.486 e. The van der Waals surface area contributed by atoms with Gasteiger partial charge in [-0.1, -0.05) is 18.1 Å². The predicted octanol–water partition coefficient (Wildman–Crippen LogP) is 3.49. The second kappa shape index (κ2) is 10.8. The number of hydrogen-bond donors (Lipinski definition) is 2. The van der Waals surface area contributed by atoms with E-state index in [1.807, 2.05) is 42.5 Å². The molecule has 2 N–H and O–H groups in total. The molecule has 0 saturated carbocycles. The van der Waals surface area contributed by atoms with Gasteiger partial charge in [0.05, 0.1) is 37.1 Å². The van der Waals surface area contributed by atoms with Crippen molar-refractivity contribution in [2.45, 2.75) is 31.1 Å². The number of morpholine rings is 1. The summed E-state index contributed by atoms with van der Waals surface area (Å²) in [5.74, 6) is 3.55. The van der Waals surface area contributed by atoms with Crippen LogP contribution in [0.15, 0.2) is 54.9 Å². The molecule has 38 heavy (non-hydrogen) atoms. The number of nitrogens with one attached hydrogen (secondary N) is 2. The van der Waals surface area contributed by atoms with Crippen molar-refractivity contribution in [1.29, 1.82) is 0 Å². The minimum absolute atomic E-state index is 0.0858. The van der Waals surface area contributed by atoms with Crippen molar-refractivity contribution in [1.82, 2.24) is 14.9 Å². The highest BCUT2D eigenvalue weighted by Gasteiger charge is 2.38. The van der Waals surface area contributed by atoms with E-state index in [0.29, 0.717) is 48.1 Å². The number of ether oxygens (including phenoxy) is 3. The summed E-state index contributed by atoms with van der Waals surface area (Å²) in [5.41, 5.74) is 2.79. The lowest BCUT2D eigenvalue weighted by molar-refractivity contribution is -0.111. The number of rotatable bonds is 8. The molecule has 0 aliphatic carbocycles. The number of likely N-dealkylation sites (tertiary alicyclic amines) is 1. The van der Waals surface area contributed by atoms with Crippen LogP contribution < -0.4 is 15.4 Å². The molecule has 9 nitrogen and oxygen atoms in total. The zero-order valence-electron chi connectivity index (χ0n) is 20.9. The van der Waals surface area contributed by atoms with Crippen LogP contribution in [0.2, 0.25) is 0 Å². The molecule has 1 aromatic heterocycles. The molecule has 1 amide bonds. The van der Waals surface area contributed by atoms with Gasteiger partial charge in [0.1, 0.15) is 24.0 Å². The topological polar surface area (TPSA) is 97.8 Å². The Kier molecular flexibility index (Phi) is 6.92. The van der Waals surface area contributed by atoms with E-state index in [0.717, 1.165) is 49.2 Å². The number of fused-ring (bicyclic) bond motifs is 3. The second-order valence-electron chi connectivity index (χ2n) is 9.73. The molecule has 194 valence electrons. The first kappa shape index (κ1) is 24.4. The van der Waals surface area contributed by atoms with Crippen LogP contribution in [0.5, 0.6) is 5.75 Å². The lowest BCUT2D eigenvalue weighted by atomic mass is 10.1. The zero-order chi connectivity index (χ0) is 25.9. The van der Waals surface area contributed by atoms with Crippen LogP contribution >= 0.6 is 0 Å². The van der Waals surface area contributed by atoms with Gasteiger partial charge in [0.25, 0.3) is 0 Å². The molecular weight excluding hydrogens is 482 g/mol. The molecule has 3 saturated heterocycles. The molecule has 0 spiro atoms. The highest BCUT2D eigenvalue weighted by molar-refractivity contribution is 6.03. The molecular formula is C29H29N5O4. The van der Waals surface area contributed by atoms with Gasteiger partial charge in [0.2, 0.25) is 5.91 Å². The maximum Gasteiger partial charge on any atom is 0.248 e. The van der Waals surface area contributed by atoms with Gasteiger partial charge < -0.3 is 24.8 Å². The smallest absolute Gasteiger partial charge is 0.248 e. The summed E-state index contributed by atoms with van der Waals surface area (Å²) in [6.07, 6.45) is 12.6. The Morgan fingerprint density at radius 2 is 2.21 bits per heavy atom. The van der Waals surface area contributed by atoms with Crippen LogP contribution in [0.25, 0.3) is 10.9 Å². The van der Waals surface area contributed by atoms with Crippen molar-refractivity contribution in [3.8, 4) is 18.1 Å². The molecule has 0 radical (unpaired) electrons. The van der Waals surface area contributed by atoms with E-state index in [2.05, 4.69) is 31.4 Å². The zero-order valence-corrected chi connectivity index (χ0v) is 20.9. The number of hydrogen-bond acceptors (Lipinski definition) is 8. The summed E-state index contributed by atoms with van der Waals surface area (Å²) in [5, 5.41) is 7.06. The van der Waals surface area contributed by atoms with Gasteiger partial charge in [0, 0.05) is 54.3 Å². The van der Waals surface area contributed by atoms with E-state index in [1.165, 1.54) is 6.33 Å². The maximum absolute atomic E-state index is 12.9. The molecule has 3 atom stereocenters. The highest BCUT2D eigenvalue weighted by atomic mass is 16.5. The molecule has 3 fully saturated rings. The maximum atomic E-state index is 12.9. The number of carbonyl (C=O) groups excluding carboxylic acids is 1. The summed E-state index contributed by atoms with van der Waals surface area (Å²) in [6.45, 7) is 3.58. The van der Waals surface area contributed by atoms with Crippen LogP contribution in [-0.2, 0) is 14.3 Å². The SMILES string of the molecule is C#Cc1cccc(Nc2ncnc3cc(O[C@H]4CCOC4)c(NC(=O)C=CCN4C[C@@H]5C[C@H]4CO5)cc23)c1. The molecule has 2 aromatic carbocycles. The van der Waals surface area contributed by atoms with Crippen molar-refractivity contribution < 1.29 is 19.0 Å². The summed E-state index contributed by atoms with van der Waals surface area (Å²) >= 11 is 0. The third kappa shape index (κ3) is 5.34. The number of carbonyl (C=O) groups is 1. The van der Waals surface area contributed by atoms with Gasteiger partial charge in [-0.25, -0.2) is 9.97 Å². The molecule has 3 aliphatic rings. The first-order valence-corrected chi connectivity index (χ1v) is 12.8. The van der Waals surface area contributed by atoms with Gasteiger partial charge in [-0.15, -0.1) is 6.42 Å². The Labute approximate surface area is 221 Å². The summed E-state index contributed by atoms with van der Waals surface area (Å²) in [7, 11) is 0. The minimum atomic E-state index is -0.231. The first-order chi connectivity index (χ1) is 18.6. The van der Waals surface area contributed by atoms with E-state index in [4.69, 9.17) is 20.6 Å². The standard InChI is InChI=1S/C29H29N5O4/c1-2-19-5-3-6-20(11-19)32-29-24-13-26(27(14-25(24)30-18-31-29)38-22-8-10-36-17-22)33-28(35)7-4-9-34-15-23-12-21(34)16-37-23/h1,3-7,11,13-14,18,21-23H,8-10,12,15-17H2,(H,33,35)(H,30,31,32)/t21-,22-,23-/m0/s1. The van der Waals surface area contributed by atoms with Crippen molar-refractivity contribution >= 4 is 34.0 Å². The molecule has 0 unspecified atom stereocenters. The number of aromatic nitrogens is 2. The number of terminal acetylenes is 1. The lowest BCUT2D eigenvalue weighted by Crippen LogP contribution is -2.36. The van der Waals surface area contributed by atoms with E-state index in [-0.39, 0.29) is 12.0 Å². The normalized spacial score (nSPS) is 22.7. The molecule has 3 aromatic rings. The summed E-state index contributed by atoms with van der Waals surface area (Å²) in [6, 6.07) is 11.7. The average Bonchev–Trinajstić information content (AvgIpc) is 3.69. The Morgan fingerprint density at radius 1 is 1.26 bits per heavy atom. The summed E-state index contributed by atoms with van der Waals surface area (Å²) in [4.78, 5) is 24.2. The van der Waals surface area contributed by atoms with Crippen LogP contribution in [-0.4, -0.2) is 71.9 Å². The number of nitrogens with zero attached hydrogens (tertiary/aromatic N) is 3. The van der Waals surface area contributed by atoms with Crippen molar-refractivity contribution in [3.63, 3.8) is 0 Å². The van der Waals surface area contributed by atoms with Crippen LogP contribution in [0, 0.1) is 12.3 Å². The third-order valence-corrected chi connectivity index (χ3v) is 7.09. The van der Waals surface area contributed by atoms with Gasteiger partial charge in [-0.05, 0) is 30.7 Å². The van der Waals surface area contributed by atoms with E-state index in [1.54, 1.807) is 6.08 Å². The molecule has 2 bridgehead atoms. The van der Waals surface area contributed by atoms with E-state index in [9.17, 15) is 4.79 Å². The first-order valence-electron chi connectivity index (χ1n) is 12.8. The lowest BCUT2D eigenvalue weighted by Gasteiger charge is -2.25. The van der Waals surface area contributed by atoms with Gasteiger partial charge in [-0.2, -0.15) is 0 Å². The number of anilines is 3. The van der Waals surface area contributed by atoms with E-state index < -0.39 is 0 Å². The van der Waals surface area contributed by atoms with Crippen LogP contribution in [0.1, 0.15) is 18.4 Å². The summed E-state index contributed by atoms with van der Waals surface area (Å²) < 4.78 is 17.4. The Bertz CT molecular complexity index is 1410. The number of benzene rings is 2. The van der Waals surface area contributed by atoms with Crippen LogP contribution in [0.3, 0.4) is 0 Å². The fourth-order valence-electron chi connectivity index (χ4n) is 5.16. The van der Waals surface area contributed by atoms with Crippen molar-refractivity contribution in [2.24, 2.45) is 0 Å². The van der Waals surface area contributed by atoms with Gasteiger partial charge >= 0.3 is 0 Å². The monoisotopic (exact) mass is 511 g/mol. The fourth-order valence-corrected chi connectivity index (χ4v) is 5.16.